The van der Waals surface area contributed by atoms with E-state index < -0.39 is 0 Å². The van der Waals surface area contributed by atoms with Gasteiger partial charge in [0.2, 0.25) is 0 Å². The van der Waals surface area contributed by atoms with Crippen LogP contribution < -0.4 is 15.6 Å². The van der Waals surface area contributed by atoms with Crippen LogP contribution in [0.25, 0.3) is 10.9 Å². The summed E-state index contributed by atoms with van der Waals surface area (Å²) in [7, 11) is 1.64. The smallest absolute Gasteiger partial charge is 0.253 e. The second kappa shape index (κ2) is 11.8. The fraction of sp³-hybridized carbons (Fsp3) is 0.385. The molecule has 0 aliphatic rings. The van der Waals surface area contributed by atoms with Crippen molar-refractivity contribution in [2.24, 2.45) is 0 Å². The molecule has 0 fully saturated rings. The molecule has 1 heterocycles. The molecule has 3 aromatic rings. The lowest BCUT2D eigenvalue weighted by molar-refractivity contribution is 0.262. The summed E-state index contributed by atoms with van der Waals surface area (Å²) in [6, 6.07) is 17.9. The maximum Gasteiger partial charge on any atom is 0.253 e. The standard InChI is InChI=1S/C26H34N4O2S/c1-5-29(6-2)14-15-30(26(33)27-19(3)20-10-8-7-9-11-20)18-22-16-21-17-23(32-4)12-13-24(21)28-25(22)31/h7-13,16-17,19H,5-6,14-15,18H2,1-4H3,(H,27,33)(H,28,31)/t19-/m0/s1. The fourth-order valence-electron chi connectivity index (χ4n) is 3.84. The van der Waals surface area contributed by atoms with Gasteiger partial charge in [0.25, 0.3) is 5.56 Å². The number of hydrogen-bond acceptors (Lipinski definition) is 4. The van der Waals surface area contributed by atoms with Crippen LogP contribution in [0.1, 0.15) is 37.9 Å². The second-order valence-corrected chi connectivity index (χ2v) is 8.49. The van der Waals surface area contributed by atoms with Gasteiger partial charge in [0.1, 0.15) is 5.75 Å². The molecule has 2 N–H and O–H groups in total. The maximum atomic E-state index is 12.9. The number of thiocarbonyl (C=S) groups is 1. The monoisotopic (exact) mass is 466 g/mol. The molecule has 0 aliphatic carbocycles. The number of hydrogen-bond donors (Lipinski definition) is 2. The molecule has 0 saturated carbocycles. The number of likely N-dealkylation sites (N-methyl/N-ethyl adjacent to an activating group) is 1. The summed E-state index contributed by atoms with van der Waals surface area (Å²) in [6.45, 7) is 10.4. The van der Waals surface area contributed by atoms with Crippen LogP contribution in [0.3, 0.4) is 0 Å². The zero-order valence-electron chi connectivity index (χ0n) is 19.9. The zero-order chi connectivity index (χ0) is 23.8. The van der Waals surface area contributed by atoms with E-state index in [-0.39, 0.29) is 11.6 Å². The van der Waals surface area contributed by atoms with Crippen molar-refractivity contribution in [3.8, 4) is 5.75 Å². The quantitative estimate of drug-likeness (QED) is 0.434. The average molecular weight is 467 g/mol. The molecule has 7 heteroatoms. The minimum Gasteiger partial charge on any atom is -0.497 e. The second-order valence-electron chi connectivity index (χ2n) is 8.11. The molecule has 1 atom stereocenters. The van der Waals surface area contributed by atoms with Crippen molar-refractivity contribution >= 4 is 28.2 Å². The Hall–Kier alpha value is -2.90. The minimum absolute atomic E-state index is 0.0637. The van der Waals surface area contributed by atoms with E-state index in [1.165, 1.54) is 5.56 Å². The van der Waals surface area contributed by atoms with Crippen LogP contribution in [0.2, 0.25) is 0 Å². The Morgan fingerprint density at radius 2 is 1.82 bits per heavy atom. The summed E-state index contributed by atoms with van der Waals surface area (Å²) in [5.41, 5.74) is 2.53. The molecular formula is C26H34N4O2S. The summed E-state index contributed by atoms with van der Waals surface area (Å²) in [4.78, 5) is 20.3. The summed E-state index contributed by atoms with van der Waals surface area (Å²) in [5, 5.41) is 5.03. The molecule has 0 radical (unpaired) electrons. The maximum absolute atomic E-state index is 12.9. The zero-order valence-corrected chi connectivity index (χ0v) is 20.7. The van der Waals surface area contributed by atoms with Gasteiger partial charge in [-0.15, -0.1) is 0 Å². The first-order valence-corrected chi connectivity index (χ1v) is 11.9. The lowest BCUT2D eigenvalue weighted by Crippen LogP contribution is -2.44. The summed E-state index contributed by atoms with van der Waals surface area (Å²) >= 11 is 5.82. The molecule has 2 aromatic carbocycles. The number of H-pyrrole nitrogens is 1. The van der Waals surface area contributed by atoms with Gasteiger partial charge in [0.05, 0.1) is 19.7 Å². The molecule has 3 rings (SSSR count). The highest BCUT2D eigenvalue weighted by atomic mass is 32.1. The van der Waals surface area contributed by atoms with Crippen LogP contribution in [0.4, 0.5) is 0 Å². The topological polar surface area (TPSA) is 60.6 Å². The van der Waals surface area contributed by atoms with E-state index in [1.54, 1.807) is 7.11 Å². The highest BCUT2D eigenvalue weighted by molar-refractivity contribution is 7.80. The molecule has 0 unspecified atom stereocenters. The van der Waals surface area contributed by atoms with Crippen molar-refractivity contribution in [2.75, 3.05) is 33.3 Å². The Labute approximate surface area is 201 Å². The highest BCUT2D eigenvalue weighted by Gasteiger charge is 2.17. The molecule has 0 spiro atoms. The molecule has 0 amide bonds. The minimum atomic E-state index is -0.0978. The number of benzene rings is 2. The molecule has 1 aromatic heterocycles. The number of aromatic nitrogens is 1. The molecule has 0 aliphatic heterocycles. The van der Waals surface area contributed by atoms with Crippen LogP contribution >= 0.6 is 12.2 Å². The Bertz CT molecular complexity index is 1110. The molecule has 0 saturated heterocycles. The lowest BCUT2D eigenvalue weighted by atomic mass is 10.1. The Kier molecular flexibility index (Phi) is 8.86. The number of fused-ring (bicyclic) bond motifs is 1. The van der Waals surface area contributed by atoms with Crippen LogP contribution in [-0.4, -0.2) is 53.2 Å². The van der Waals surface area contributed by atoms with Gasteiger partial charge in [-0.25, -0.2) is 0 Å². The SMILES string of the molecule is CCN(CC)CCN(Cc1cc2cc(OC)ccc2[nH]c1=O)C(=S)N[C@@H](C)c1ccccc1. The van der Waals surface area contributed by atoms with E-state index in [1.807, 2.05) is 42.5 Å². The van der Waals surface area contributed by atoms with Gasteiger partial charge in [-0.1, -0.05) is 44.2 Å². The number of ether oxygens (including phenoxy) is 1. The number of pyridine rings is 1. The van der Waals surface area contributed by atoms with Crippen molar-refractivity contribution in [3.63, 3.8) is 0 Å². The van der Waals surface area contributed by atoms with Crippen molar-refractivity contribution in [3.05, 3.63) is 76.1 Å². The van der Waals surface area contributed by atoms with Crippen LogP contribution in [0.5, 0.6) is 5.75 Å². The normalized spacial score (nSPS) is 12.0. The average Bonchev–Trinajstić information content (AvgIpc) is 2.84. The van der Waals surface area contributed by atoms with Gasteiger partial charge in [-0.2, -0.15) is 0 Å². The first kappa shape index (κ1) is 24.7. The van der Waals surface area contributed by atoms with Crippen molar-refractivity contribution in [1.29, 1.82) is 0 Å². The number of rotatable bonds is 10. The summed E-state index contributed by atoms with van der Waals surface area (Å²) in [5.74, 6) is 0.757. The highest BCUT2D eigenvalue weighted by Crippen LogP contribution is 2.19. The van der Waals surface area contributed by atoms with Crippen LogP contribution in [-0.2, 0) is 6.54 Å². The van der Waals surface area contributed by atoms with E-state index in [4.69, 9.17) is 17.0 Å². The van der Waals surface area contributed by atoms with Gasteiger partial charge >= 0.3 is 0 Å². The third-order valence-electron chi connectivity index (χ3n) is 6.00. The van der Waals surface area contributed by atoms with Crippen LogP contribution in [0.15, 0.2) is 59.4 Å². The summed E-state index contributed by atoms with van der Waals surface area (Å²) < 4.78 is 5.35. The number of aromatic amines is 1. The van der Waals surface area contributed by atoms with E-state index >= 15 is 0 Å². The predicted octanol–water partition coefficient (Wildman–Crippen LogP) is 4.32. The third-order valence-corrected chi connectivity index (χ3v) is 6.37. The van der Waals surface area contributed by atoms with E-state index in [2.05, 4.69) is 53.0 Å². The number of nitrogens with one attached hydrogen (secondary N) is 2. The third kappa shape index (κ3) is 6.55. The van der Waals surface area contributed by atoms with Gasteiger partial charge < -0.3 is 24.8 Å². The largest absolute Gasteiger partial charge is 0.497 e. The van der Waals surface area contributed by atoms with Crippen molar-refractivity contribution < 1.29 is 4.74 Å². The van der Waals surface area contributed by atoms with Crippen molar-refractivity contribution in [1.82, 2.24) is 20.1 Å². The Morgan fingerprint density at radius 3 is 2.48 bits per heavy atom. The van der Waals surface area contributed by atoms with Gasteiger partial charge in [-0.3, -0.25) is 4.79 Å². The predicted molar refractivity (Wildman–Crippen MR) is 140 cm³/mol. The first-order chi connectivity index (χ1) is 15.9. The number of nitrogens with zero attached hydrogens (tertiary/aromatic N) is 2. The first-order valence-electron chi connectivity index (χ1n) is 11.5. The molecule has 176 valence electrons. The van der Waals surface area contributed by atoms with Crippen molar-refractivity contribution in [2.45, 2.75) is 33.4 Å². The van der Waals surface area contributed by atoms with Gasteiger partial charge in [0, 0.05) is 29.6 Å². The Balaban J connectivity index is 1.84. The van der Waals surface area contributed by atoms with Gasteiger partial charge in [-0.05, 0) is 62.1 Å². The molecule has 33 heavy (non-hydrogen) atoms. The number of methoxy groups -OCH3 is 1. The molecular weight excluding hydrogens is 432 g/mol. The van der Waals surface area contributed by atoms with E-state index in [9.17, 15) is 4.79 Å². The van der Waals surface area contributed by atoms with E-state index in [0.29, 0.717) is 17.2 Å². The molecule has 0 bridgehead atoms. The lowest BCUT2D eigenvalue weighted by Gasteiger charge is -2.30. The fourth-order valence-corrected chi connectivity index (χ4v) is 4.17. The summed E-state index contributed by atoms with van der Waals surface area (Å²) in [6.07, 6.45) is 0. The Morgan fingerprint density at radius 1 is 1.09 bits per heavy atom. The van der Waals surface area contributed by atoms with Crippen LogP contribution in [0, 0.1) is 0 Å². The van der Waals surface area contributed by atoms with Gasteiger partial charge in [0.15, 0.2) is 5.11 Å². The van der Waals surface area contributed by atoms with E-state index in [0.717, 1.165) is 42.8 Å². The molecule has 6 nitrogen and oxygen atoms in total.